The third-order valence-electron chi connectivity index (χ3n) is 2.83. The highest BCUT2D eigenvalue weighted by molar-refractivity contribution is 5.64. The number of fused-ring (bicyclic) bond motifs is 1. The maximum atomic E-state index is 12.0. The molecule has 3 rings (SSSR count). The Morgan fingerprint density at radius 1 is 1.05 bits per heavy atom. The van der Waals surface area contributed by atoms with Crippen molar-refractivity contribution in [2.75, 3.05) is 0 Å². The number of phenolic OH excluding ortho intramolecular Hbond substituents is 1. The summed E-state index contributed by atoms with van der Waals surface area (Å²) in [5.74, 6) is 0.0873. The van der Waals surface area contributed by atoms with Crippen LogP contribution >= 0.6 is 0 Å². The van der Waals surface area contributed by atoms with Gasteiger partial charge in [-0.15, -0.1) is 0 Å². The number of aromatic nitrogens is 2. The van der Waals surface area contributed by atoms with Crippen molar-refractivity contribution in [3.05, 3.63) is 59.0 Å². The lowest BCUT2D eigenvalue weighted by molar-refractivity contribution is 0.475. The summed E-state index contributed by atoms with van der Waals surface area (Å²) in [7, 11) is 0. The van der Waals surface area contributed by atoms with Gasteiger partial charge in [-0.1, -0.05) is 0 Å². The summed E-state index contributed by atoms with van der Waals surface area (Å²) in [6.45, 7) is 0. The van der Waals surface area contributed by atoms with E-state index in [1.165, 1.54) is 28.7 Å². The highest BCUT2D eigenvalue weighted by Crippen LogP contribution is 2.21. The highest BCUT2D eigenvalue weighted by Gasteiger charge is 2.07. The van der Waals surface area contributed by atoms with Gasteiger partial charge in [-0.3, -0.25) is 9.20 Å². The monoisotopic (exact) mass is 254 g/mol. The molecule has 3 aromatic rings. The minimum absolute atomic E-state index is 0.0553. The summed E-state index contributed by atoms with van der Waals surface area (Å²) in [6, 6.07) is 10.8. The number of nitrogens with zero attached hydrogens (tertiary/aromatic N) is 2. The Bertz CT molecular complexity index is 807. The number of rotatable bonds is 1. The molecule has 0 spiro atoms. The molecule has 0 amide bonds. The van der Waals surface area contributed by atoms with Crippen molar-refractivity contribution in [1.29, 1.82) is 0 Å². The van der Waals surface area contributed by atoms with Crippen molar-refractivity contribution < 1.29 is 10.2 Å². The summed E-state index contributed by atoms with van der Waals surface area (Å²) in [6.07, 6.45) is 1.55. The van der Waals surface area contributed by atoms with Crippen molar-refractivity contribution in [3.8, 4) is 22.8 Å². The molecule has 2 N–H and O–H groups in total. The van der Waals surface area contributed by atoms with E-state index in [0.29, 0.717) is 11.3 Å². The lowest BCUT2D eigenvalue weighted by Crippen LogP contribution is -2.13. The van der Waals surface area contributed by atoms with Crippen LogP contribution in [0.2, 0.25) is 0 Å². The van der Waals surface area contributed by atoms with Gasteiger partial charge in [0.2, 0.25) is 0 Å². The van der Waals surface area contributed by atoms with Crippen molar-refractivity contribution in [1.82, 2.24) is 9.38 Å². The second-order valence-electron chi connectivity index (χ2n) is 4.11. The average molecular weight is 254 g/mol. The minimum atomic E-state index is -0.274. The molecule has 0 bridgehead atoms. The molecule has 0 saturated heterocycles. The molecular weight excluding hydrogens is 244 g/mol. The van der Waals surface area contributed by atoms with Crippen molar-refractivity contribution >= 4 is 5.65 Å². The van der Waals surface area contributed by atoms with Crippen LogP contribution < -0.4 is 5.56 Å². The van der Waals surface area contributed by atoms with E-state index in [9.17, 15) is 15.0 Å². The van der Waals surface area contributed by atoms with Gasteiger partial charge in [-0.2, -0.15) is 0 Å². The molecular formula is C14H10N2O3. The van der Waals surface area contributed by atoms with E-state index in [0.717, 1.165) is 0 Å². The van der Waals surface area contributed by atoms with Crippen LogP contribution in [-0.2, 0) is 0 Å². The molecule has 0 aliphatic carbocycles. The smallest absolute Gasteiger partial charge is 0.258 e. The number of benzene rings is 1. The standard InChI is InChI=1S/C14H10N2O3/c17-10-5-3-9(4-6-10)11-8-13(19)16-7-1-2-12(18)14(16)15-11/h1-8,17-18H. The molecule has 1 aromatic carbocycles. The zero-order chi connectivity index (χ0) is 13.4. The second kappa shape index (κ2) is 4.13. The van der Waals surface area contributed by atoms with Crippen LogP contribution in [0.5, 0.6) is 11.5 Å². The zero-order valence-electron chi connectivity index (χ0n) is 9.82. The summed E-state index contributed by atoms with van der Waals surface area (Å²) in [4.78, 5) is 16.2. The fraction of sp³-hybridized carbons (Fsp3) is 0. The predicted molar refractivity (Wildman–Crippen MR) is 70.2 cm³/mol. The summed E-state index contributed by atoms with van der Waals surface area (Å²) < 4.78 is 1.28. The maximum absolute atomic E-state index is 12.0. The van der Waals surface area contributed by atoms with E-state index < -0.39 is 0 Å². The molecule has 2 aromatic heterocycles. The number of phenols is 1. The summed E-state index contributed by atoms with van der Waals surface area (Å²) in [5, 5.41) is 19.0. The van der Waals surface area contributed by atoms with E-state index in [1.54, 1.807) is 24.4 Å². The zero-order valence-corrected chi connectivity index (χ0v) is 9.82. The second-order valence-corrected chi connectivity index (χ2v) is 4.11. The first-order chi connectivity index (χ1) is 9.15. The molecule has 0 radical (unpaired) electrons. The van der Waals surface area contributed by atoms with Gasteiger partial charge in [0.25, 0.3) is 5.56 Å². The van der Waals surface area contributed by atoms with Crippen molar-refractivity contribution in [2.24, 2.45) is 0 Å². The minimum Gasteiger partial charge on any atom is -0.508 e. The molecule has 2 heterocycles. The molecule has 0 aliphatic heterocycles. The molecule has 5 nitrogen and oxygen atoms in total. The Balaban J connectivity index is 2.29. The average Bonchev–Trinajstić information content (AvgIpc) is 2.41. The Labute approximate surface area is 108 Å². The van der Waals surface area contributed by atoms with Crippen molar-refractivity contribution in [2.45, 2.75) is 0 Å². The van der Waals surface area contributed by atoms with E-state index >= 15 is 0 Å². The molecule has 0 aliphatic rings. The van der Waals surface area contributed by atoms with Crippen LogP contribution in [-0.4, -0.2) is 19.6 Å². The third kappa shape index (κ3) is 1.91. The van der Waals surface area contributed by atoms with Crippen LogP contribution in [0.15, 0.2) is 53.5 Å². The lowest BCUT2D eigenvalue weighted by atomic mass is 10.1. The maximum Gasteiger partial charge on any atom is 0.258 e. The molecule has 94 valence electrons. The molecule has 0 saturated carbocycles. The highest BCUT2D eigenvalue weighted by atomic mass is 16.3. The van der Waals surface area contributed by atoms with E-state index in [2.05, 4.69) is 4.98 Å². The lowest BCUT2D eigenvalue weighted by Gasteiger charge is -2.05. The quantitative estimate of drug-likeness (QED) is 0.694. The van der Waals surface area contributed by atoms with Gasteiger partial charge in [0.05, 0.1) is 5.69 Å². The number of pyridine rings is 1. The Morgan fingerprint density at radius 2 is 1.79 bits per heavy atom. The van der Waals surface area contributed by atoms with Gasteiger partial charge >= 0.3 is 0 Å². The third-order valence-corrected chi connectivity index (χ3v) is 2.83. The number of aromatic hydroxyl groups is 2. The Hall–Kier alpha value is -2.82. The van der Waals surface area contributed by atoms with Gasteiger partial charge in [-0.05, 0) is 36.4 Å². The largest absolute Gasteiger partial charge is 0.508 e. The van der Waals surface area contributed by atoms with Gasteiger partial charge in [-0.25, -0.2) is 4.98 Å². The van der Waals surface area contributed by atoms with Gasteiger partial charge in [0.15, 0.2) is 11.4 Å². The fourth-order valence-electron chi connectivity index (χ4n) is 1.89. The van der Waals surface area contributed by atoms with E-state index in [1.807, 2.05) is 0 Å². The van der Waals surface area contributed by atoms with Crippen LogP contribution in [0.4, 0.5) is 0 Å². The first kappa shape index (κ1) is 11.3. The molecule has 19 heavy (non-hydrogen) atoms. The normalized spacial score (nSPS) is 10.7. The topological polar surface area (TPSA) is 74.8 Å². The van der Waals surface area contributed by atoms with E-state index in [4.69, 9.17) is 0 Å². The van der Waals surface area contributed by atoms with Gasteiger partial charge < -0.3 is 10.2 Å². The van der Waals surface area contributed by atoms with Gasteiger partial charge in [0.1, 0.15) is 5.75 Å². The van der Waals surface area contributed by atoms with Crippen LogP contribution in [0.3, 0.4) is 0 Å². The predicted octanol–water partition coefficient (Wildman–Crippen LogP) is 1.77. The first-order valence-corrected chi connectivity index (χ1v) is 5.66. The molecule has 0 unspecified atom stereocenters. The molecule has 5 heteroatoms. The van der Waals surface area contributed by atoms with Crippen molar-refractivity contribution in [3.63, 3.8) is 0 Å². The number of hydrogen-bond acceptors (Lipinski definition) is 4. The summed E-state index contributed by atoms with van der Waals surface area (Å²) >= 11 is 0. The first-order valence-electron chi connectivity index (χ1n) is 5.66. The van der Waals surface area contributed by atoms with Crippen LogP contribution in [0, 0.1) is 0 Å². The van der Waals surface area contributed by atoms with Crippen LogP contribution in [0.1, 0.15) is 0 Å². The molecule has 0 atom stereocenters. The Kier molecular flexibility index (Phi) is 2.45. The van der Waals surface area contributed by atoms with Crippen LogP contribution in [0.25, 0.3) is 16.9 Å². The summed E-state index contributed by atoms with van der Waals surface area (Å²) in [5.41, 5.74) is 1.08. The SMILES string of the molecule is O=c1cc(-c2ccc(O)cc2)nc2c(O)cccn12. The fourth-order valence-corrected chi connectivity index (χ4v) is 1.89. The Morgan fingerprint density at radius 3 is 2.53 bits per heavy atom. The van der Waals surface area contributed by atoms with E-state index in [-0.39, 0.29) is 22.7 Å². The molecule has 0 fully saturated rings. The van der Waals surface area contributed by atoms with Gasteiger partial charge in [0, 0.05) is 17.8 Å². The number of hydrogen-bond donors (Lipinski definition) is 2.